The van der Waals surface area contributed by atoms with Crippen LogP contribution in [0.2, 0.25) is 5.15 Å². The predicted molar refractivity (Wildman–Crippen MR) is 114 cm³/mol. The summed E-state index contributed by atoms with van der Waals surface area (Å²) in [5.41, 5.74) is 3.19. The summed E-state index contributed by atoms with van der Waals surface area (Å²) in [7, 11) is 0. The van der Waals surface area contributed by atoms with Gasteiger partial charge in [0.1, 0.15) is 10.9 Å². The Morgan fingerprint density at radius 1 is 1.10 bits per heavy atom. The summed E-state index contributed by atoms with van der Waals surface area (Å²) in [5, 5.41) is 27.2. The van der Waals surface area contributed by atoms with Crippen molar-refractivity contribution in [1.82, 2.24) is 10.4 Å². The van der Waals surface area contributed by atoms with Gasteiger partial charge in [-0.3, -0.25) is 14.9 Å². The average molecular weight is 421 g/mol. The smallest absolute Gasteiger partial charge is 0.275 e. The van der Waals surface area contributed by atoms with E-state index >= 15 is 0 Å². The number of hydrogen-bond donors (Lipinski definition) is 2. The molecule has 0 unspecified atom stereocenters. The van der Waals surface area contributed by atoms with Crippen molar-refractivity contribution in [2.24, 2.45) is 5.10 Å². The van der Waals surface area contributed by atoms with Gasteiger partial charge in [-0.05, 0) is 35.0 Å². The van der Waals surface area contributed by atoms with Crippen molar-refractivity contribution in [2.75, 3.05) is 0 Å². The molecule has 0 saturated carbocycles. The van der Waals surface area contributed by atoms with E-state index in [0.29, 0.717) is 16.5 Å². The number of phenols is 1. The number of hydrazone groups is 1. The van der Waals surface area contributed by atoms with Gasteiger partial charge in [-0.25, -0.2) is 10.4 Å². The Morgan fingerprint density at radius 3 is 2.57 bits per heavy atom. The van der Waals surface area contributed by atoms with E-state index in [9.17, 15) is 20.0 Å². The highest BCUT2D eigenvalue weighted by atomic mass is 35.5. The Balaban J connectivity index is 1.58. The first-order chi connectivity index (χ1) is 14.4. The lowest BCUT2D eigenvalue weighted by Gasteiger charge is -2.06. The van der Waals surface area contributed by atoms with Crippen molar-refractivity contribution < 1.29 is 14.8 Å². The molecule has 148 valence electrons. The number of fused-ring (bicyclic) bond motifs is 2. The van der Waals surface area contributed by atoms with Gasteiger partial charge in [0, 0.05) is 23.1 Å². The number of amides is 1. The SMILES string of the molecule is O=C(N/N=C\c1cc2cc([N+](=O)[O-])ccc2nc1Cl)c1cc2ccccc2cc1O. The standard InChI is InChI=1S/C21H13ClN4O4/c22-20-15(7-14-8-16(26(29)30)5-6-18(14)24-20)11-23-25-21(28)17-9-12-3-1-2-4-13(12)10-19(17)27/h1-11,27H,(H,25,28)/b23-11-. The molecule has 0 aliphatic heterocycles. The van der Waals surface area contributed by atoms with Crippen LogP contribution in [0.25, 0.3) is 21.7 Å². The number of carbonyl (C=O) groups excluding carboxylic acids is 1. The topological polar surface area (TPSA) is 118 Å². The van der Waals surface area contributed by atoms with Gasteiger partial charge >= 0.3 is 0 Å². The van der Waals surface area contributed by atoms with E-state index in [1.807, 2.05) is 24.3 Å². The number of nitro benzene ring substituents is 1. The zero-order valence-corrected chi connectivity index (χ0v) is 16.0. The van der Waals surface area contributed by atoms with Gasteiger partial charge in [-0.2, -0.15) is 5.10 Å². The van der Waals surface area contributed by atoms with E-state index in [2.05, 4.69) is 15.5 Å². The minimum atomic E-state index is -0.602. The second kappa shape index (κ2) is 7.76. The third-order valence-corrected chi connectivity index (χ3v) is 4.77. The second-order valence-electron chi connectivity index (χ2n) is 6.42. The minimum absolute atomic E-state index is 0.0733. The molecule has 1 heterocycles. The fourth-order valence-electron chi connectivity index (χ4n) is 2.99. The Morgan fingerprint density at radius 2 is 1.83 bits per heavy atom. The van der Waals surface area contributed by atoms with Gasteiger partial charge in [-0.15, -0.1) is 0 Å². The van der Waals surface area contributed by atoms with Gasteiger partial charge in [0.15, 0.2) is 0 Å². The number of aromatic hydroxyl groups is 1. The van der Waals surface area contributed by atoms with E-state index < -0.39 is 10.8 Å². The van der Waals surface area contributed by atoms with E-state index in [1.165, 1.54) is 30.5 Å². The van der Waals surface area contributed by atoms with E-state index in [-0.39, 0.29) is 22.2 Å². The molecule has 0 atom stereocenters. The highest BCUT2D eigenvalue weighted by Gasteiger charge is 2.12. The van der Waals surface area contributed by atoms with Gasteiger partial charge in [0.05, 0.1) is 22.2 Å². The number of benzene rings is 3. The second-order valence-corrected chi connectivity index (χ2v) is 6.78. The van der Waals surface area contributed by atoms with Crippen molar-refractivity contribution >= 4 is 51.1 Å². The van der Waals surface area contributed by atoms with Crippen molar-refractivity contribution in [2.45, 2.75) is 0 Å². The summed E-state index contributed by atoms with van der Waals surface area (Å²) in [4.78, 5) is 27.0. The molecule has 8 nitrogen and oxygen atoms in total. The molecular formula is C21H13ClN4O4. The van der Waals surface area contributed by atoms with Crippen molar-refractivity contribution in [3.8, 4) is 5.75 Å². The van der Waals surface area contributed by atoms with Crippen molar-refractivity contribution in [3.05, 3.63) is 87.1 Å². The molecule has 0 spiro atoms. The van der Waals surface area contributed by atoms with Crippen LogP contribution in [0.5, 0.6) is 5.75 Å². The van der Waals surface area contributed by atoms with Gasteiger partial charge in [-0.1, -0.05) is 35.9 Å². The maximum absolute atomic E-state index is 12.4. The van der Waals surface area contributed by atoms with Crippen LogP contribution in [0.1, 0.15) is 15.9 Å². The van der Waals surface area contributed by atoms with Gasteiger partial charge in [0.2, 0.25) is 0 Å². The molecule has 30 heavy (non-hydrogen) atoms. The number of nitrogens with one attached hydrogen (secondary N) is 1. The summed E-state index contributed by atoms with van der Waals surface area (Å²) in [5.74, 6) is -0.769. The maximum Gasteiger partial charge on any atom is 0.275 e. The molecular weight excluding hydrogens is 408 g/mol. The Bertz CT molecular complexity index is 1350. The van der Waals surface area contributed by atoms with Crippen LogP contribution in [-0.2, 0) is 0 Å². The van der Waals surface area contributed by atoms with Crippen LogP contribution < -0.4 is 5.43 Å². The molecule has 0 saturated heterocycles. The molecule has 2 N–H and O–H groups in total. The zero-order valence-electron chi connectivity index (χ0n) is 15.2. The quantitative estimate of drug-likeness (QED) is 0.219. The molecule has 1 aromatic heterocycles. The number of rotatable bonds is 4. The first kappa shape index (κ1) is 19.3. The summed E-state index contributed by atoms with van der Waals surface area (Å²) < 4.78 is 0. The number of aromatic nitrogens is 1. The summed E-state index contributed by atoms with van der Waals surface area (Å²) in [6, 6.07) is 16.2. The molecule has 0 fully saturated rings. The molecule has 0 aliphatic carbocycles. The monoisotopic (exact) mass is 420 g/mol. The van der Waals surface area contributed by atoms with E-state index in [0.717, 1.165) is 10.8 Å². The average Bonchev–Trinajstić information content (AvgIpc) is 2.73. The molecule has 9 heteroatoms. The Hall–Kier alpha value is -4.04. The van der Waals surface area contributed by atoms with Gasteiger partial charge < -0.3 is 5.11 Å². The third-order valence-electron chi connectivity index (χ3n) is 4.47. The molecule has 0 bridgehead atoms. The van der Waals surface area contributed by atoms with Crippen LogP contribution in [0.3, 0.4) is 0 Å². The molecule has 4 rings (SSSR count). The zero-order chi connectivity index (χ0) is 21.3. The van der Waals surface area contributed by atoms with Crippen LogP contribution in [-0.4, -0.2) is 27.1 Å². The number of carbonyl (C=O) groups is 1. The number of non-ortho nitro benzene ring substituents is 1. The fourth-order valence-corrected chi connectivity index (χ4v) is 3.19. The summed E-state index contributed by atoms with van der Waals surface area (Å²) >= 11 is 6.14. The minimum Gasteiger partial charge on any atom is -0.507 e. The summed E-state index contributed by atoms with van der Waals surface area (Å²) in [6.45, 7) is 0. The lowest BCUT2D eigenvalue weighted by molar-refractivity contribution is -0.384. The molecule has 1 amide bonds. The number of phenolic OH excluding ortho intramolecular Hbond substituents is 1. The van der Waals surface area contributed by atoms with Crippen molar-refractivity contribution in [3.63, 3.8) is 0 Å². The summed E-state index contributed by atoms with van der Waals surface area (Å²) in [6.07, 6.45) is 1.28. The van der Waals surface area contributed by atoms with Crippen LogP contribution in [0, 0.1) is 10.1 Å². The van der Waals surface area contributed by atoms with Gasteiger partial charge in [0.25, 0.3) is 11.6 Å². The lowest BCUT2D eigenvalue weighted by Crippen LogP contribution is -2.17. The fraction of sp³-hybridized carbons (Fsp3) is 0. The molecule has 4 aromatic rings. The Labute approximate surface area is 174 Å². The lowest BCUT2D eigenvalue weighted by atomic mass is 10.1. The van der Waals surface area contributed by atoms with Crippen LogP contribution in [0.15, 0.2) is 65.8 Å². The maximum atomic E-state index is 12.4. The number of nitrogens with zero attached hydrogens (tertiary/aromatic N) is 3. The number of pyridine rings is 1. The molecule has 3 aromatic carbocycles. The molecule has 0 aliphatic rings. The van der Waals surface area contributed by atoms with E-state index in [1.54, 1.807) is 12.1 Å². The number of hydrogen-bond acceptors (Lipinski definition) is 6. The highest BCUT2D eigenvalue weighted by molar-refractivity contribution is 6.32. The van der Waals surface area contributed by atoms with Crippen LogP contribution >= 0.6 is 11.6 Å². The third kappa shape index (κ3) is 3.76. The highest BCUT2D eigenvalue weighted by Crippen LogP contribution is 2.25. The Kier molecular flexibility index (Phi) is 4.99. The first-order valence-corrected chi connectivity index (χ1v) is 9.10. The largest absolute Gasteiger partial charge is 0.507 e. The normalized spacial score (nSPS) is 11.2. The van der Waals surface area contributed by atoms with Crippen molar-refractivity contribution in [1.29, 1.82) is 0 Å². The first-order valence-electron chi connectivity index (χ1n) is 8.72. The molecule has 0 radical (unpaired) electrons. The predicted octanol–water partition coefficient (Wildman–Crippen LogP) is 4.42. The number of nitro groups is 1. The van der Waals surface area contributed by atoms with E-state index in [4.69, 9.17) is 11.6 Å². The number of halogens is 1. The van der Waals surface area contributed by atoms with Crippen LogP contribution in [0.4, 0.5) is 5.69 Å².